The SMILES string of the molecule is CCCOc1ccc([N+](=O)[O-])cc1C=C(C)C(=O)O. The van der Waals surface area contributed by atoms with Crippen molar-refractivity contribution in [2.45, 2.75) is 20.3 Å². The van der Waals surface area contributed by atoms with Crippen molar-refractivity contribution in [3.63, 3.8) is 0 Å². The van der Waals surface area contributed by atoms with Crippen LogP contribution in [-0.4, -0.2) is 22.6 Å². The fraction of sp³-hybridized carbons (Fsp3) is 0.308. The predicted octanol–water partition coefficient (Wildman–Crippen LogP) is 2.87. The van der Waals surface area contributed by atoms with E-state index in [1.165, 1.54) is 31.2 Å². The number of carboxylic acid groups (broad SMARTS) is 1. The normalized spacial score (nSPS) is 11.2. The molecule has 1 N–H and O–H groups in total. The van der Waals surface area contributed by atoms with Gasteiger partial charge in [-0.1, -0.05) is 6.92 Å². The first-order valence-electron chi connectivity index (χ1n) is 5.78. The van der Waals surface area contributed by atoms with Crippen LogP contribution in [0.15, 0.2) is 23.8 Å². The van der Waals surface area contributed by atoms with Crippen molar-refractivity contribution in [1.29, 1.82) is 0 Å². The number of benzene rings is 1. The standard InChI is InChI=1S/C13H15NO5/c1-3-6-19-12-5-4-11(14(17)18)8-10(12)7-9(2)13(15)16/h4-5,7-8H,3,6H2,1-2H3,(H,15,16). The van der Waals surface area contributed by atoms with Crippen LogP contribution in [0, 0.1) is 10.1 Å². The van der Waals surface area contributed by atoms with E-state index in [4.69, 9.17) is 9.84 Å². The van der Waals surface area contributed by atoms with E-state index < -0.39 is 10.9 Å². The van der Waals surface area contributed by atoms with Crippen LogP contribution >= 0.6 is 0 Å². The quantitative estimate of drug-likeness (QED) is 0.485. The van der Waals surface area contributed by atoms with Gasteiger partial charge in [-0.3, -0.25) is 10.1 Å². The van der Waals surface area contributed by atoms with E-state index in [0.29, 0.717) is 17.9 Å². The molecule has 0 saturated heterocycles. The molecule has 0 fully saturated rings. The maximum Gasteiger partial charge on any atom is 0.331 e. The summed E-state index contributed by atoms with van der Waals surface area (Å²) in [4.78, 5) is 21.0. The zero-order chi connectivity index (χ0) is 14.4. The minimum absolute atomic E-state index is 0.0850. The highest BCUT2D eigenvalue weighted by Gasteiger charge is 2.11. The molecule has 0 atom stereocenters. The van der Waals surface area contributed by atoms with Gasteiger partial charge in [0.05, 0.1) is 11.5 Å². The summed E-state index contributed by atoms with van der Waals surface area (Å²) < 4.78 is 5.44. The van der Waals surface area contributed by atoms with Crippen LogP contribution in [0.3, 0.4) is 0 Å². The summed E-state index contributed by atoms with van der Waals surface area (Å²) in [6.45, 7) is 3.82. The molecule has 0 saturated carbocycles. The summed E-state index contributed by atoms with van der Waals surface area (Å²) in [5.41, 5.74) is 0.373. The molecule has 19 heavy (non-hydrogen) atoms. The van der Waals surface area contributed by atoms with Crippen LogP contribution in [0.4, 0.5) is 5.69 Å². The molecular weight excluding hydrogens is 250 g/mol. The molecule has 0 aliphatic heterocycles. The number of ether oxygens (including phenoxy) is 1. The second kappa shape index (κ2) is 6.53. The Morgan fingerprint density at radius 2 is 2.21 bits per heavy atom. The molecule has 0 aromatic heterocycles. The smallest absolute Gasteiger partial charge is 0.331 e. The Hall–Kier alpha value is -2.37. The highest BCUT2D eigenvalue weighted by molar-refractivity contribution is 5.92. The van der Waals surface area contributed by atoms with Gasteiger partial charge in [0.25, 0.3) is 5.69 Å². The first kappa shape index (κ1) is 14.7. The average molecular weight is 265 g/mol. The summed E-state index contributed by atoms with van der Waals surface area (Å²) in [7, 11) is 0. The number of non-ortho nitro benzene ring substituents is 1. The van der Waals surface area contributed by atoms with E-state index in [0.717, 1.165) is 6.42 Å². The molecule has 1 rings (SSSR count). The van der Waals surface area contributed by atoms with Crippen molar-refractivity contribution in [1.82, 2.24) is 0 Å². The van der Waals surface area contributed by atoms with Gasteiger partial charge in [-0.2, -0.15) is 0 Å². The van der Waals surface area contributed by atoms with Crippen LogP contribution in [0.25, 0.3) is 6.08 Å². The average Bonchev–Trinajstić information content (AvgIpc) is 2.36. The zero-order valence-electron chi connectivity index (χ0n) is 10.8. The van der Waals surface area contributed by atoms with Crippen LogP contribution in [-0.2, 0) is 4.79 Å². The monoisotopic (exact) mass is 265 g/mol. The van der Waals surface area contributed by atoms with Gasteiger partial charge in [0.15, 0.2) is 0 Å². The molecule has 0 amide bonds. The van der Waals surface area contributed by atoms with Crippen molar-refractivity contribution >= 4 is 17.7 Å². The third kappa shape index (κ3) is 4.09. The Bertz CT molecular complexity index is 522. The lowest BCUT2D eigenvalue weighted by Gasteiger charge is -2.08. The van der Waals surface area contributed by atoms with Crippen LogP contribution in [0.2, 0.25) is 0 Å². The van der Waals surface area contributed by atoms with E-state index in [2.05, 4.69) is 0 Å². The fourth-order valence-corrected chi connectivity index (χ4v) is 1.40. The maximum absolute atomic E-state index is 10.8. The topological polar surface area (TPSA) is 89.7 Å². The molecule has 0 aliphatic carbocycles. The summed E-state index contributed by atoms with van der Waals surface area (Å²) >= 11 is 0. The van der Waals surface area contributed by atoms with Crippen molar-refractivity contribution < 1.29 is 19.6 Å². The van der Waals surface area contributed by atoms with Gasteiger partial charge in [-0.15, -0.1) is 0 Å². The Morgan fingerprint density at radius 3 is 2.74 bits per heavy atom. The summed E-state index contributed by atoms with van der Waals surface area (Å²) in [5.74, 6) is -0.638. The van der Waals surface area contributed by atoms with Gasteiger partial charge in [0.1, 0.15) is 5.75 Å². The number of carbonyl (C=O) groups is 1. The second-order valence-electron chi connectivity index (χ2n) is 3.96. The Morgan fingerprint density at radius 1 is 1.53 bits per heavy atom. The summed E-state index contributed by atoms with van der Waals surface area (Å²) in [6, 6.07) is 4.12. The Balaban J connectivity index is 3.21. The minimum Gasteiger partial charge on any atom is -0.493 e. The van der Waals surface area contributed by atoms with Crippen molar-refractivity contribution in [3.8, 4) is 5.75 Å². The number of nitro benzene ring substituents is 1. The molecule has 102 valence electrons. The van der Waals surface area contributed by atoms with E-state index in [9.17, 15) is 14.9 Å². The first-order chi connectivity index (χ1) is 8.95. The number of nitrogens with zero attached hydrogens (tertiary/aromatic N) is 1. The number of aliphatic carboxylic acids is 1. The van der Waals surface area contributed by atoms with Crippen molar-refractivity contribution in [2.24, 2.45) is 0 Å². The number of nitro groups is 1. The van der Waals surface area contributed by atoms with E-state index in [1.54, 1.807) is 0 Å². The van der Waals surface area contributed by atoms with Crippen LogP contribution in [0.1, 0.15) is 25.8 Å². The van der Waals surface area contributed by atoms with Gasteiger partial charge >= 0.3 is 5.97 Å². The van der Waals surface area contributed by atoms with Gasteiger partial charge in [-0.05, 0) is 25.5 Å². The molecule has 1 aromatic rings. The summed E-state index contributed by atoms with van der Waals surface area (Å²) in [6.07, 6.45) is 2.15. The van der Waals surface area contributed by atoms with Gasteiger partial charge in [-0.25, -0.2) is 4.79 Å². The Kier molecular flexibility index (Phi) is 5.05. The van der Waals surface area contributed by atoms with E-state index in [-0.39, 0.29) is 11.3 Å². The molecule has 6 nitrogen and oxygen atoms in total. The highest BCUT2D eigenvalue weighted by atomic mass is 16.6. The van der Waals surface area contributed by atoms with Gasteiger partial charge in [0, 0.05) is 23.3 Å². The number of hydrogen-bond acceptors (Lipinski definition) is 4. The third-order valence-corrected chi connectivity index (χ3v) is 2.38. The molecule has 0 bridgehead atoms. The summed E-state index contributed by atoms with van der Waals surface area (Å²) in [5, 5.41) is 19.6. The largest absolute Gasteiger partial charge is 0.493 e. The molecule has 0 spiro atoms. The molecule has 6 heteroatoms. The van der Waals surface area contributed by atoms with Crippen LogP contribution < -0.4 is 4.74 Å². The number of rotatable bonds is 6. The number of hydrogen-bond donors (Lipinski definition) is 1. The molecule has 0 unspecified atom stereocenters. The van der Waals surface area contributed by atoms with E-state index in [1.807, 2.05) is 6.92 Å². The predicted molar refractivity (Wildman–Crippen MR) is 70.2 cm³/mol. The molecule has 0 aliphatic rings. The lowest BCUT2D eigenvalue weighted by atomic mass is 10.1. The fourth-order valence-electron chi connectivity index (χ4n) is 1.40. The lowest BCUT2D eigenvalue weighted by Crippen LogP contribution is -2.00. The Labute approximate surface area is 110 Å². The zero-order valence-corrected chi connectivity index (χ0v) is 10.8. The first-order valence-corrected chi connectivity index (χ1v) is 5.78. The van der Waals surface area contributed by atoms with Crippen molar-refractivity contribution in [3.05, 3.63) is 39.4 Å². The van der Waals surface area contributed by atoms with Gasteiger partial charge in [0.2, 0.25) is 0 Å². The molecule has 0 heterocycles. The van der Waals surface area contributed by atoms with Crippen molar-refractivity contribution in [2.75, 3.05) is 6.61 Å². The minimum atomic E-state index is -1.08. The molecular formula is C13H15NO5. The third-order valence-electron chi connectivity index (χ3n) is 2.38. The second-order valence-corrected chi connectivity index (χ2v) is 3.96. The molecule has 0 radical (unpaired) electrons. The van der Waals surface area contributed by atoms with Crippen LogP contribution in [0.5, 0.6) is 5.75 Å². The maximum atomic E-state index is 10.8. The van der Waals surface area contributed by atoms with Gasteiger partial charge < -0.3 is 9.84 Å². The van der Waals surface area contributed by atoms with E-state index >= 15 is 0 Å². The molecule has 1 aromatic carbocycles. The highest BCUT2D eigenvalue weighted by Crippen LogP contribution is 2.26. The lowest BCUT2D eigenvalue weighted by molar-refractivity contribution is -0.384. The number of carboxylic acids is 1.